The van der Waals surface area contributed by atoms with Gasteiger partial charge < -0.3 is 10.2 Å². The highest BCUT2D eigenvalue weighted by Gasteiger charge is 2.32. The first kappa shape index (κ1) is 27.1. The van der Waals surface area contributed by atoms with Crippen LogP contribution in [0, 0.1) is 13.8 Å². The Kier molecular flexibility index (Phi) is 9.56. The van der Waals surface area contributed by atoms with Gasteiger partial charge in [0, 0.05) is 23.5 Å². The molecule has 1 aliphatic carbocycles. The molecule has 1 N–H and O–H groups in total. The number of carbonyl (C=O) groups excluding carboxylic acids is 2. The average molecular weight is 562 g/mol. The number of amides is 2. The third-order valence-electron chi connectivity index (χ3n) is 7.13. The molecule has 1 unspecified atom stereocenters. The van der Waals surface area contributed by atoms with Gasteiger partial charge in [0.15, 0.2) is 0 Å². The molecule has 3 aromatic carbocycles. The van der Waals surface area contributed by atoms with Crippen molar-refractivity contribution in [3.63, 3.8) is 0 Å². The minimum absolute atomic E-state index is 0.0346. The summed E-state index contributed by atoms with van der Waals surface area (Å²) >= 11 is 3.51. The molecule has 2 amide bonds. The van der Waals surface area contributed by atoms with Gasteiger partial charge in [-0.3, -0.25) is 9.59 Å². The molecule has 0 aliphatic heterocycles. The van der Waals surface area contributed by atoms with Gasteiger partial charge in [-0.05, 0) is 55.5 Å². The second kappa shape index (κ2) is 13.0. The predicted octanol–water partition coefficient (Wildman–Crippen LogP) is 6.70. The average Bonchev–Trinajstić information content (AvgIpc) is 2.87. The maximum absolute atomic E-state index is 14.0. The van der Waals surface area contributed by atoms with E-state index in [1.54, 1.807) is 4.90 Å². The van der Waals surface area contributed by atoms with Crippen LogP contribution in [0.5, 0.6) is 0 Å². The van der Waals surface area contributed by atoms with Crippen LogP contribution in [0.3, 0.4) is 0 Å². The van der Waals surface area contributed by atoms with Gasteiger partial charge in [0.2, 0.25) is 11.8 Å². The molecule has 3 aromatic rings. The van der Waals surface area contributed by atoms with Crippen LogP contribution in [0.2, 0.25) is 0 Å². The van der Waals surface area contributed by atoms with Crippen molar-refractivity contribution in [3.05, 3.63) is 105 Å². The van der Waals surface area contributed by atoms with E-state index in [1.807, 2.05) is 54.6 Å². The fourth-order valence-corrected chi connectivity index (χ4v) is 5.60. The molecule has 1 saturated carbocycles. The Morgan fingerprint density at radius 3 is 2.16 bits per heavy atom. The zero-order chi connectivity index (χ0) is 26.2. The summed E-state index contributed by atoms with van der Waals surface area (Å²) in [5, 5.41) is 3.31. The van der Waals surface area contributed by atoms with E-state index in [4.69, 9.17) is 0 Å². The molecule has 0 spiro atoms. The number of nitrogens with zero attached hydrogens (tertiary/aromatic N) is 1. The fourth-order valence-electron chi connectivity index (χ4n) is 5.33. The lowest BCUT2D eigenvalue weighted by molar-refractivity contribution is -0.141. The first-order chi connectivity index (χ1) is 17.9. The summed E-state index contributed by atoms with van der Waals surface area (Å²) in [6.45, 7) is 4.49. The molecular formula is C32H37BrN2O2. The molecule has 0 heterocycles. The lowest BCUT2D eigenvalue weighted by Crippen LogP contribution is -2.53. The van der Waals surface area contributed by atoms with E-state index in [-0.39, 0.29) is 24.3 Å². The van der Waals surface area contributed by atoms with Crippen molar-refractivity contribution in [3.8, 4) is 0 Å². The number of hydrogen-bond donors (Lipinski definition) is 1. The Morgan fingerprint density at radius 2 is 1.51 bits per heavy atom. The minimum atomic E-state index is -0.591. The van der Waals surface area contributed by atoms with Crippen molar-refractivity contribution in [1.29, 1.82) is 0 Å². The number of hydrogen-bond acceptors (Lipinski definition) is 2. The Hall–Kier alpha value is -2.92. The third kappa shape index (κ3) is 8.03. The van der Waals surface area contributed by atoms with E-state index >= 15 is 0 Å². The SMILES string of the molecule is Cc1cc(C)cc(CC(=O)N(Cc2ccc(Br)cc2)C(Cc2ccccc2)C(=O)NC2CCCCC2)c1. The van der Waals surface area contributed by atoms with Gasteiger partial charge in [-0.2, -0.15) is 0 Å². The Labute approximate surface area is 229 Å². The molecule has 1 aliphatic rings. The van der Waals surface area contributed by atoms with Gasteiger partial charge in [0.05, 0.1) is 6.42 Å². The van der Waals surface area contributed by atoms with E-state index in [0.717, 1.165) is 58.0 Å². The third-order valence-corrected chi connectivity index (χ3v) is 7.65. The van der Waals surface area contributed by atoms with Crippen molar-refractivity contribution >= 4 is 27.7 Å². The second-order valence-electron chi connectivity index (χ2n) is 10.4. The molecular weight excluding hydrogens is 524 g/mol. The lowest BCUT2D eigenvalue weighted by atomic mass is 9.94. The van der Waals surface area contributed by atoms with Crippen molar-refractivity contribution in [1.82, 2.24) is 10.2 Å². The topological polar surface area (TPSA) is 49.4 Å². The summed E-state index contributed by atoms with van der Waals surface area (Å²) in [6, 6.07) is 23.9. The molecule has 194 valence electrons. The zero-order valence-corrected chi connectivity index (χ0v) is 23.5. The van der Waals surface area contributed by atoms with E-state index in [2.05, 4.69) is 53.3 Å². The standard InChI is InChI=1S/C32H37BrN2O2/c1-23-17-24(2)19-27(18-23)21-31(36)35(22-26-13-15-28(33)16-14-26)30(20-25-9-5-3-6-10-25)32(37)34-29-11-7-4-8-12-29/h3,5-6,9-10,13-19,29-30H,4,7-8,11-12,20-22H2,1-2H3,(H,34,37). The fraction of sp³-hybridized carbons (Fsp3) is 0.375. The van der Waals surface area contributed by atoms with Crippen molar-refractivity contribution in [2.75, 3.05) is 0 Å². The highest BCUT2D eigenvalue weighted by atomic mass is 79.9. The second-order valence-corrected chi connectivity index (χ2v) is 11.3. The van der Waals surface area contributed by atoms with Crippen molar-refractivity contribution < 1.29 is 9.59 Å². The molecule has 1 fully saturated rings. The number of nitrogens with one attached hydrogen (secondary N) is 1. The van der Waals surface area contributed by atoms with E-state index in [0.29, 0.717) is 13.0 Å². The summed E-state index contributed by atoms with van der Waals surface area (Å²) in [6.07, 6.45) is 6.27. The number of carbonyl (C=O) groups is 2. The maximum Gasteiger partial charge on any atom is 0.243 e. The highest BCUT2D eigenvalue weighted by Crippen LogP contribution is 2.21. The molecule has 0 aromatic heterocycles. The molecule has 0 bridgehead atoms. The summed E-state index contributed by atoms with van der Waals surface area (Å²) in [4.78, 5) is 29.6. The maximum atomic E-state index is 14.0. The predicted molar refractivity (Wildman–Crippen MR) is 153 cm³/mol. The summed E-state index contributed by atoms with van der Waals surface area (Å²) in [7, 11) is 0. The summed E-state index contributed by atoms with van der Waals surface area (Å²) < 4.78 is 0.986. The van der Waals surface area contributed by atoms with Crippen LogP contribution >= 0.6 is 15.9 Å². The van der Waals surface area contributed by atoms with Gasteiger partial charge in [-0.25, -0.2) is 0 Å². The van der Waals surface area contributed by atoms with Crippen LogP contribution in [0.15, 0.2) is 77.3 Å². The molecule has 4 rings (SSSR count). The zero-order valence-electron chi connectivity index (χ0n) is 21.9. The number of aryl methyl sites for hydroxylation is 2. The highest BCUT2D eigenvalue weighted by molar-refractivity contribution is 9.10. The summed E-state index contributed by atoms with van der Waals surface area (Å²) in [5.41, 5.74) is 5.30. The van der Waals surface area contributed by atoms with E-state index in [1.165, 1.54) is 6.42 Å². The Morgan fingerprint density at radius 1 is 0.865 bits per heavy atom. The van der Waals surface area contributed by atoms with Gasteiger partial charge in [0.1, 0.15) is 6.04 Å². The van der Waals surface area contributed by atoms with Gasteiger partial charge in [-0.15, -0.1) is 0 Å². The first-order valence-corrected chi connectivity index (χ1v) is 14.1. The normalized spacial score (nSPS) is 14.7. The van der Waals surface area contributed by atoms with Crippen LogP contribution in [-0.4, -0.2) is 28.8 Å². The van der Waals surface area contributed by atoms with Crippen LogP contribution < -0.4 is 5.32 Å². The molecule has 5 heteroatoms. The lowest BCUT2D eigenvalue weighted by Gasteiger charge is -2.33. The van der Waals surface area contributed by atoms with Crippen LogP contribution in [0.25, 0.3) is 0 Å². The van der Waals surface area contributed by atoms with Crippen LogP contribution in [-0.2, 0) is 29.0 Å². The molecule has 1 atom stereocenters. The molecule has 37 heavy (non-hydrogen) atoms. The van der Waals surface area contributed by atoms with Crippen molar-refractivity contribution in [2.45, 2.75) is 77.4 Å². The van der Waals surface area contributed by atoms with Crippen LogP contribution in [0.4, 0.5) is 0 Å². The molecule has 4 nitrogen and oxygen atoms in total. The quantitative estimate of drug-likeness (QED) is 0.316. The van der Waals surface area contributed by atoms with Gasteiger partial charge in [0.25, 0.3) is 0 Å². The monoisotopic (exact) mass is 560 g/mol. The number of benzene rings is 3. The first-order valence-electron chi connectivity index (χ1n) is 13.3. The number of halogens is 1. The minimum Gasteiger partial charge on any atom is -0.352 e. The van der Waals surface area contributed by atoms with Gasteiger partial charge >= 0.3 is 0 Å². The van der Waals surface area contributed by atoms with Gasteiger partial charge in [-0.1, -0.05) is 107 Å². The molecule has 0 radical (unpaired) electrons. The van der Waals surface area contributed by atoms with Crippen molar-refractivity contribution in [2.24, 2.45) is 0 Å². The Bertz CT molecular complexity index is 1170. The molecule has 0 saturated heterocycles. The summed E-state index contributed by atoms with van der Waals surface area (Å²) in [5.74, 6) is -0.0886. The smallest absolute Gasteiger partial charge is 0.243 e. The Balaban J connectivity index is 1.66. The van der Waals surface area contributed by atoms with Crippen LogP contribution in [0.1, 0.15) is 59.9 Å². The van der Waals surface area contributed by atoms with E-state index in [9.17, 15) is 9.59 Å². The number of rotatable bonds is 9. The largest absolute Gasteiger partial charge is 0.352 e. The van der Waals surface area contributed by atoms with E-state index < -0.39 is 6.04 Å².